The largest absolute Gasteiger partial charge is 0.462 e. The van der Waals surface area contributed by atoms with Crippen molar-refractivity contribution < 1.29 is 14.3 Å². The minimum atomic E-state index is -0.00791. The van der Waals surface area contributed by atoms with Gasteiger partial charge >= 0.3 is 5.97 Å². The molecule has 0 saturated carbocycles. The molecule has 0 spiro atoms. The van der Waals surface area contributed by atoms with E-state index in [1.165, 1.54) is 57.8 Å². The number of carbonyl (C=O) groups is 2. The van der Waals surface area contributed by atoms with Crippen molar-refractivity contribution in [2.45, 2.75) is 102 Å². The smallest absolute Gasteiger partial charge is 0.306 e. The van der Waals surface area contributed by atoms with Gasteiger partial charge in [-0.25, -0.2) is 0 Å². The van der Waals surface area contributed by atoms with E-state index in [1.54, 1.807) is 0 Å². The van der Waals surface area contributed by atoms with Crippen LogP contribution in [0.15, 0.2) is 12.2 Å². The summed E-state index contributed by atoms with van der Waals surface area (Å²) < 4.78 is 5.22. The Morgan fingerprint density at radius 1 is 0.826 bits per heavy atom. The van der Waals surface area contributed by atoms with Gasteiger partial charge in [-0.3, -0.25) is 4.79 Å². The van der Waals surface area contributed by atoms with Crippen LogP contribution < -0.4 is 0 Å². The number of unbranched alkanes of at least 4 members (excludes halogenated alkanes) is 10. The Balaban J connectivity index is 1.72. The van der Waals surface area contributed by atoms with Crippen molar-refractivity contribution in [1.29, 1.82) is 0 Å². The number of cyclic esters (lactones) is 1. The molecule has 23 heavy (non-hydrogen) atoms. The minimum Gasteiger partial charge on any atom is -0.462 e. The van der Waals surface area contributed by atoms with Crippen LogP contribution in [-0.4, -0.2) is 18.4 Å². The molecule has 0 aromatic carbocycles. The highest BCUT2D eigenvalue weighted by atomic mass is 16.5. The van der Waals surface area contributed by atoms with Gasteiger partial charge in [0.2, 0.25) is 0 Å². The van der Waals surface area contributed by atoms with Crippen molar-refractivity contribution in [1.82, 2.24) is 0 Å². The Morgan fingerprint density at radius 2 is 1.43 bits per heavy atom. The SMILES string of the molecule is O=CCCC=CCCCCCCCCCCCC1CCC(=O)O1. The van der Waals surface area contributed by atoms with Crippen LogP contribution in [0.25, 0.3) is 0 Å². The molecule has 1 rings (SSSR count). The molecular weight excluding hydrogens is 288 g/mol. The van der Waals surface area contributed by atoms with Gasteiger partial charge in [0.05, 0.1) is 0 Å². The van der Waals surface area contributed by atoms with E-state index < -0.39 is 0 Å². The molecule has 0 bridgehead atoms. The topological polar surface area (TPSA) is 43.4 Å². The molecule has 1 aliphatic heterocycles. The zero-order valence-corrected chi connectivity index (χ0v) is 14.6. The summed E-state index contributed by atoms with van der Waals surface area (Å²) in [6.45, 7) is 0. The first kappa shape index (κ1) is 19.9. The molecule has 0 aliphatic carbocycles. The van der Waals surface area contributed by atoms with Crippen molar-refractivity contribution in [3.8, 4) is 0 Å². The maximum Gasteiger partial charge on any atom is 0.306 e. The minimum absolute atomic E-state index is 0.00791. The van der Waals surface area contributed by atoms with Gasteiger partial charge < -0.3 is 9.53 Å². The number of esters is 1. The fraction of sp³-hybridized carbons (Fsp3) is 0.800. The van der Waals surface area contributed by atoms with Crippen molar-refractivity contribution in [2.75, 3.05) is 0 Å². The number of hydrogen-bond acceptors (Lipinski definition) is 3. The van der Waals surface area contributed by atoms with E-state index in [0.29, 0.717) is 12.8 Å². The van der Waals surface area contributed by atoms with Gasteiger partial charge in [0.1, 0.15) is 12.4 Å². The van der Waals surface area contributed by atoms with Gasteiger partial charge in [-0.15, -0.1) is 0 Å². The zero-order chi connectivity index (χ0) is 16.6. The standard InChI is InChI=1S/C20H34O3/c21-18-14-12-10-8-6-4-2-1-3-5-7-9-11-13-15-19-16-17-20(22)23-19/h8,10,18-19H,1-7,9,11-17H2. The summed E-state index contributed by atoms with van der Waals surface area (Å²) in [5, 5.41) is 0. The Morgan fingerprint density at radius 3 is 2.04 bits per heavy atom. The van der Waals surface area contributed by atoms with Crippen molar-refractivity contribution >= 4 is 12.3 Å². The van der Waals surface area contributed by atoms with Crippen LogP contribution in [-0.2, 0) is 14.3 Å². The first-order valence-corrected chi connectivity index (χ1v) is 9.61. The molecule has 3 heteroatoms. The summed E-state index contributed by atoms with van der Waals surface area (Å²) in [6, 6.07) is 0. The number of aldehydes is 1. The molecule has 1 fully saturated rings. The van der Waals surface area contributed by atoms with Gasteiger partial charge in [-0.1, -0.05) is 57.1 Å². The van der Waals surface area contributed by atoms with Gasteiger partial charge in [0.25, 0.3) is 0 Å². The fourth-order valence-electron chi connectivity index (χ4n) is 3.06. The van der Waals surface area contributed by atoms with E-state index in [0.717, 1.165) is 32.0 Å². The van der Waals surface area contributed by atoms with Gasteiger partial charge in [0.15, 0.2) is 0 Å². The molecular formula is C20H34O3. The highest BCUT2D eigenvalue weighted by Crippen LogP contribution is 2.20. The summed E-state index contributed by atoms with van der Waals surface area (Å²) in [5.74, 6) is -0.00791. The maximum atomic E-state index is 11.0. The number of allylic oxidation sites excluding steroid dienone is 2. The average Bonchev–Trinajstić information content (AvgIpc) is 2.96. The fourth-order valence-corrected chi connectivity index (χ4v) is 3.06. The number of carbonyl (C=O) groups excluding carboxylic acids is 2. The number of ether oxygens (including phenoxy) is 1. The number of hydrogen-bond donors (Lipinski definition) is 0. The Labute approximate surface area is 141 Å². The van der Waals surface area contributed by atoms with E-state index >= 15 is 0 Å². The van der Waals surface area contributed by atoms with Crippen molar-refractivity contribution in [3.05, 3.63) is 12.2 Å². The van der Waals surface area contributed by atoms with E-state index in [9.17, 15) is 9.59 Å². The Bertz CT molecular complexity index is 336. The maximum absolute atomic E-state index is 11.0. The van der Waals surface area contributed by atoms with E-state index in [2.05, 4.69) is 12.2 Å². The second-order valence-electron chi connectivity index (χ2n) is 6.63. The quantitative estimate of drug-likeness (QED) is 0.173. The summed E-state index contributed by atoms with van der Waals surface area (Å²) in [7, 11) is 0. The first-order valence-electron chi connectivity index (χ1n) is 9.61. The molecule has 0 N–H and O–H groups in total. The monoisotopic (exact) mass is 322 g/mol. The predicted octanol–water partition coefficient (Wildman–Crippen LogP) is 5.52. The van der Waals surface area contributed by atoms with Crippen molar-refractivity contribution in [2.24, 2.45) is 0 Å². The molecule has 0 radical (unpaired) electrons. The molecule has 1 unspecified atom stereocenters. The molecule has 1 heterocycles. The van der Waals surface area contributed by atoms with Gasteiger partial charge in [-0.05, 0) is 38.5 Å². The lowest BCUT2D eigenvalue weighted by Gasteiger charge is -2.08. The summed E-state index contributed by atoms with van der Waals surface area (Å²) in [6.07, 6.45) is 22.7. The molecule has 1 atom stereocenters. The van der Waals surface area contributed by atoms with Crippen LogP contribution in [0.1, 0.15) is 96.3 Å². The lowest BCUT2D eigenvalue weighted by molar-refractivity contribution is -0.141. The summed E-state index contributed by atoms with van der Waals surface area (Å²) >= 11 is 0. The van der Waals surface area contributed by atoms with E-state index in [4.69, 9.17) is 4.74 Å². The molecule has 1 saturated heterocycles. The van der Waals surface area contributed by atoms with Crippen LogP contribution in [0.2, 0.25) is 0 Å². The summed E-state index contributed by atoms with van der Waals surface area (Å²) in [4.78, 5) is 21.1. The molecule has 3 nitrogen and oxygen atoms in total. The predicted molar refractivity (Wildman–Crippen MR) is 94.3 cm³/mol. The third-order valence-electron chi connectivity index (χ3n) is 4.48. The molecule has 0 aromatic rings. The molecule has 0 amide bonds. The Hall–Kier alpha value is -1.12. The van der Waals surface area contributed by atoms with Gasteiger partial charge in [0, 0.05) is 12.8 Å². The van der Waals surface area contributed by atoms with Crippen LogP contribution in [0.5, 0.6) is 0 Å². The summed E-state index contributed by atoms with van der Waals surface area (Å²) in [5.41, 5.74) is 0. The van der Waals surface area contributed by atoms with Crippen molar-refractivity contribution in [3.63, 3.8) is 0 Å². The second-order valence-corrected chi connectivity index (χ2v) is 6.63. The van der Waals surface area contributed by atoms with Crippen LogP contribution in [0.4, 0.5) is 0 Å². The first-order chi connectivity index (χ1) is 11.3. The third-order valence-corrected chi connectivity index (χ3v) is 4.48. The second kappa shape index (κ2) is 14.5. The number of rotatable bonds is 15. The highest BCUT2D eigenvalue weighted by molar-refractivity contribution is 5.71. The van der Waals surface area contributed by atoms with E-state index in [-0.39, 0.29) is 12.1 Å². The van der Waals surface area contributed by atoms with Gasteiger partial charge in [-0.2, -0.15) is 0 Å². The van der Waals surface area contributed by atoms with E-state index in [1.807, 2.05) is 0 Å². The average molecular weight is 322 g/mol. The highest BCUT2D eigenvalue weighted by Gasteiger charge is 2.22. The van der Waals surface area contributed by atoms with Crippen LogP contribution >= 0.6 is 0 Å². The molecule has 1 aliphatic rings. The molecule has 132 valence electrons. The Kier molecular flexibility index (Phi) is 12.5. The lowest BCUT2D eigenvalue weighted by Crippen LogP contribution is -2.06. The lowest BCUT2D eigenvalue weighted by atomic mass is 10.0. The van der Waals surface area contributed by atoms with Crippen LogP contribution in [0, 0.1) is 0 Å². The van der Waals surface area contributed by atoms with Crippen LogP contribution in [0.3, 0.4) is 0 Å². The third kappa shape index (κ3) is 12.0. The normalized spacial score (nSPS) is 17.7. The molecule has 0 aromatic heterocycles. The zero-order valence-electron chi connectivity index (χ0n) is 14.6.